The number of aliphatic carboxylic acids is 1. The maximum absolute atomic E-state index is 13.1. The number of nitrogens with two attached hydrogens (primary N) is 3. The molecule has 5 atom stereocenters. The van der Waals surface area contributed by atoms with Crippen molar-refractivity contribution in [2.75, 3.05) is 13.1 Å². The molecule has 0 aromatic rings. The average molecular weight is 514 g/mol. The molecule has 1 aliphatic rings. The summed E-state index contributed by atoms with van der Waals surface area (Å²) in [5, 5.41) is 16.9. The summed E-state index contributed by atoms with van der Waals surface area (Å²) in [7, 11) is 0. The zero-order valence-corrected chi connectivity index (χ0v) is 20.8. The van der Waals surface area contributed by atoms with Gasteiger partial charge in [-0.1, -0.05) is 0 Å². The van der Waals surface area contributed by atoms with Crippen molar-refractivity contribution in [3.05, 3.63) is 0 Å². The highest BCUT2D eigenvalue weighted by Crippen LogP contribution is 2.19. The summed E-state index contributed by atoms with van der Waals surface area (Å²) in [6.07, 6.45) is 1.68. The highest BCUT2D eigenvalue weighted by molar-refractivity contribution is 5.95. The third-order valence-electron chi connectivity index (χ3n) is 5.86. The molecule has 204 valence electrons. The van der Waals surface area contributed by atoms with Gasteiger partial charge in [-0.05, 0) is 58.9 Å². The molecular formula is C22H39N7O7. The topological polar surface area (TPSA) is 240 Å². The van der Waals surface area contributed by atoms with Crippen molar-refractivity contribution < 1.29 is 33.9 Å². The predicted octanol–water partition coefficient (Wildman–Crippen LogP) is -2.72. The second kappa shape index (κ2) is 15.0. The van der Waals surface area contributed by atoms with Crippen molar-refractivity contribution in [2.24, 2.45) is 17.2 Å². The van der Waals surface area contributed by atoms with E-state index in [0.717, 1.165) is 0 Å². The van der Waals surface area contributed by atoms with Crippen molar-refractivity contribution in [3.63, 3.8) is 0 Å². The second-order valence-electron chi connectivity index (χ2n) is 8.96. The van der Waals surface area contributed by atoms with E-state index in [1.807, 2.05) is 0 Å². The van der Waals surface area contributed by atoms with Gasteiger partial charge in [0, 0.05) is 13.0 Å². The minimum Gasteiger partial charge on any atom is -0.480 e. The highest BCUT2D eigenvalue weighted by Gasteiger charge is 2.38. The van der Waals surface area contributed by atoms with E-state index in [0.29, 0.717) is 32.2 Å². The van der Waals surface area contributed by atoms with Crippen LogP contribution < -0.4 is 33.2 Å². The zero-order valence-electron chi connectivity index (χ0n) is 20.8. The fourth-order valence-electron chi connectivity index (χ4n) is 3.80. The number of carboxylic acid groups (broad SMARTS) is 1. The fourth-order valence-corrected chi connectivity index (χ4v) is 3.80. The third-order valence-corrected chi connectivity index (χ3v) is 5.86. The molecule has 1 aliphatic heterocycles. The first-order valence-corrected chi connectivity index (χ1v) is 12.1. The molecule has 1 saturated heterocycles. The quantitative estimate of drug-likeness (QED) is 0.112. The SMILES string of the molecule is C[C@H](N)C(=O)N[C@@H](C)C(=O)N1CCC[C@H]1C(=O)N[C@@H](CCC(N)=O)C(=O)N[C@@H](CCCCN)C(=O)O. The van der Waals surface area contributed by atoms with E-state index in [1.165, 1.54) is 18.7 Å². The number of amides is 5. The molecular weight excluding hydrogens is 474 g/mol. The molecule has 0 unspecified atom stereocenters. The summed E-state index contributed by atoms with van der Waals surface area (Å²) < 4.78 is 0. The monoisotopic (exact) mass is 513 g/mol. The predicted molar refractivity (Wildman–Crippen MR) is 129 cm³/mol. The zero-order chi connectivity index (χ0) is 27.4. The minimum absolute atomic E-state index is 0.144. The Kier molecular flexibility index (Phi) is 12.8. The highest BCUT2D eigenvalue weighted by atomic mass is 16.4. The Balaban J connectivity index is 2.93. The molecule has 0 aliphatic carbocycles. The molecule has 1 heterocycles. The van der Waals surface area contributed by atoms with Gasteiger partial charge in [0.05, 0.1) is 6.04 Å². The number of primary amides is 1. The van der Waals surface area contributed by atoms with Gasteiger partial charge in [0.15, 0.2) is 0 Å². The van der Waals surface area contributed by atoms with E-state index >= 15 is 0 Å². The van der Waals surface area contributed by atoms with Gasteiger partial charge in [-0.25, -0.2) is 4.79 Å². The standard InChI is InChI=1S/C22H39N7O7/c1-12(24)18(31)26-13(2)21(34)29-11-5-7-16(29)20(33)27-14(8-9-17(25)30)19(32)28-15(22(35)36)6-3-4-10-23/h12-16H,3-11,23-24H2,1-2H3,(H2,25,30)(H,26,31)(H,27,33)(H,28,32)(H,35,36)/t12-,13-,14-,15-,16-/m0/s1. The minimum atomic E-state index is -1.24. The first-order valence-electron chi connectivity index (χ1n) is 12.1. The van der Waals surface area contributed by atoms with Crippen LogP contribution in [0.1, 0.15) is 58.8 Å². The average Bonchev–Trinajstić information content (AvgIpc) is 3.30. The molecule has 0 aromatic heterocycles. The number of unbranched alkanes of at least 4 members (excludes halogenated alkanes) is 1. The van der Waals surface area contributed by atoms with Gasteiger partial charge in [0.1, 0.15) is 24.2 Å². The number of carbonyl (C=O) groups excluding carboxylic acids is 5. The Hall–Kier alpha value is -3.26. The van der Waals surface area contributed by atoms with Crippen molar-refractivity contribution in [2.45, 2.75) is 89.0 Å². The summed E-state index contributed by atoms with van der Waals surface area (Å²) in [4.78, 5) is 74.8. The van der Waals surface area contributed by atoms with E-state index in [1.54, 1.807) is 0 Å². The smallest absolute Gasteiger partial charge is 0.326 e. The van der Waals surface area contributed by atoms with Crippen LogP contribution in [0.15, 0.2) is 0 Å². The van der Waals surface area contributed by atoms with Gasteiger partial charge in [0.25, 0.3) is 0 Å². The lowest BCUT2D eigenvalue weighted by atomic mass is 10.1. The third kappa shape index (κ3) is 9.77. The Bertz CT molecular complexity index is 821. The number of hydrogen-bond acceptors (Lipinski definition) is 8. The van der Waals surface area contributed by atoms with Crippen LogP contribution in [0.3, 0.4) is 0 Å². The molecule has 1 fully saturated rings. The van der Waals surface area contributed by atoms with Gasteiger partial charge in [-0.3, -0.25) is 24.0 Å². The van der Waals surface area contributed by atoms with Gasteiger partial charge in [0.2, 0.25) is 29.5 Å². The Morgan fingerprint density at radius 2 is 1.64 bits per heavy atom. The maximum atomic E-state index is 13.1. The van der Waals surface area contributed by atoms with E-state index < -0.39 is 65.7 Å². The van der Waals surface area contributed by atoms with Crippen molar-refractivity contribution in [1.82, 2.24) is 20.9 Å². The van der Waals surface area contributed by atoms with Crippen molar-refractivity contribution in [1.29, 1.82) is 0 Å². The van der Waals surface area contributed by atoms with Crippen LogP contribution in [0.5, 0.6) is 0 Å². The molecule has 0 aromatic carbocycles. The number of rotatable bonds is 15. The first kappa shape index (κ1) is 30.8. The Morgan fingerprint density at radius 1 is 0.972 bits per heavy atom. The normalized spacial score (nSPS) is 18.4. The summed E-state index contributed by atoms with van der Waals surface area (Å²) in [6, 6.07) is -5.08. The van der Waals surface area contributed by atoms with Crippen LogP contribution in [0.25, 0.3) is 0 Å². The molecule has 0 radical (unpaired) electrons. The summed E-state index contributed by atoms with van der Waals surface area (Å²) in [6.45, 7) is 3.61. The Morgan fingerprint density at radius 3 is 2.19 bits per heavy atom. The first-order chi connectivity index (χ1) is 16.9. The van der Waals surface area contributed by atoms with Gasteiger partial charge in [-0.2, -0.15) is 0 Å². The van der Waals surface area contributed by atoms with Crippen molar-refractivity contribution in [3.8, 4) is 0 Å². The fraction of sp³-hybridized carbons (Fsp3) is 0.727. The van der Waals surface area contributed by atoms with E-state index in [2.05, 4.69) is 16.0 Å². The molecule has 1 rings (SSSR count). The molecule has 5 amide bonds. The number of carbonyl (C=O) groups is 6. The van der Waals surface area contributed by atoms with Crippen LogP contribution in [0.4, 0.5) is 0 Å². The molecule has 14 heteroatoms. The number of likely N-dealkylation sites (tertiary alicyclic amines) is 1. The Labute approximate surface area is 210 Å². The van der Waals surface area contributed by atoms with Gasteiger partial charge >= 0.3 is 5.97 Å². The lowest BCUT2D eigenvalue weighted by Gasteiger charge is -2.29. The number of carboxylic acids is 1. The molecule has 36 heavy (non-hydrogen) atoms. The van der Waals surface area contributed by atoms with Crippen LogP contribution >= 0.6 is 0 Å². The van der Waals surface area contributed by atoms with Crippen LogP contribution in [-0.2, 0) is 28.8 Å². The maximum Gasteiger partial charge on any atom is 0.326 e. The molecule has 0 bridgehead atoms. The van der Waals surface area contributed by atoms with Crippen LogP contribution in [0, 0.1) is 0 Å². The van der Waals surface area contributed by atoms with E-state index in [-0.39, 0.29) is 25.8 Å². The number of nitrogens with one attached hydrogen (secondary N) is 3. The van der Waals surface area contributed by atoms with E-state index in [9.17, 15) is 33.9 Å². The van der Waals surface area contributed by atoms with Crippen molar-refractivity contribution >= 4 is 35.5 Å². The number of hydrogen-bond donors (Lipinski definition) is 7. The summed E-state index contributed by atoms with van der Waals surface area (Å²) in [5.41, 5.74) is 16.1. The summed E-state index contributed by atoms with van der Waals surface area (Å²) >= 11 is 0. The van der Waals surface area contributed by atoms with E-state index in [4.69, 9.17) is 17.2 Å². The molecule has 0 spiro atoms. The van der Waals surface area contributed by atoms with Crippen LogP contribution in [0.2, 0.25) is 0 Å². The molecule has 0 saturated carbocycles. The lowest BCUT2D eigenvalue weighted by Crippen LogP contribution is -2.57. The van der Waals surface area contributed by atoms with Gasteiger partial charge in [-0.15, -0.1) is 0 Å². The number of nitrogens with zero attached hydrogens (tertiary/aromatic N) is 1. The van der Waals surface area contributed by atoms with Crippen LogP contribution in [-0.4, -0.2) is 88.8 Å². The largest absolute Gasteiger partial charge is 0.480 e. The summed E-state index contributed by atoms with van der Waals surface area (Å²) in [5.74, 6) is -4.35. The molecule has 14 nitrogen and oxygen atoms in total. The molecule has 10 N–H and O–H groups in total. The van der Waals surface area contributed by atoms with Gasteiger partial charge < -0.3 is 43.2 Å². The lowest BCUT2D eigenvalue weighted by molar-refractivity contribution is -0.143. The second-order valence-corrected chi connectivity index (χ2v) is 8.96.